The fraction of sp³-hybridized carbons (Fsp3) is 0.478. The Morgan fingerprint density at radius 3 is 2.47 bits per heavy atom. The molecule has 0 spiro atoms. The van der Waals surface area contributed by atoms with Crippen molar-refractivity contribution in [3.05, 3.63) is 54.0 Å². The van der Waals surface area contributed by atoms with E-state index in [1.54, 1.807) is 7.05 Å². The van der Waals surface area contributed by atoms with E-state index in [0.717, 1.165) is 56.6 Å². The van der Waals surface area contributed by atoms with Gasteiger partial charge in [-0.05, 0) is 48.4 Å². The maximum absolute atomic E-state index is 13.2. The third-order valence-corrected chi connectivity index (χ3v) is 5.36. The van der Waals surface area contributed by atoms with E-state index < -0.39 is 0 Å². The second-order valence-electron chi connectivity index (χ2n) is 7.53. The van der Waals surface area contributed by atoms with E-state index in [9.17, 15) is 4.39 Å². The van der Waals surface area contributed by atoms with Gasteiger partial charge in [0.1, 0.15) is 11.6 Å². The maximum atomic E-state index is 13.2. The van der Waals surface area contributed by atoms with Crippen molar-refractivity contribution in [3.63, 3.8) is 0 Å². The topological polar surface area (TPSA) is 55.8 Å². The number of halogens is 1. The predicted octanol–water partition coefficient (Wildman–Crippen LogP) is 3.40. The van der Waals surface area contributed by atoms with E-state index in [1.807, 2.05) is 24.4 Å². The van der Waals surface area contributed by atoms with Gasteiger partial charge < -0.3 is 20.4 Å². The van der Waals surface area contributed by atoms with Crippen LogP contribution in [0.2, 0.25) is 0 Å². The van der Waals surface area contributed by atoms with Crippen molar-refractivity contribution in [2.75, 3.05) is 49.6 Å². The van der Waals surface area contributed by atoms with Crippen LogP contribution in [-0.4, -0.2) is 50.7 Å². The number of nitrogens with zero attached hydrogens (tertiary/aromatic N) is 4. The summed E-state index contributed by atoms with van der Waals surface area (Å²) in [4.78, 5) is 13.5. The second kappa shape index (κ2) is 11.4. The van der Waals surface area contributed by atoms with Crippen molar-refractivity contribution < 1.29 is 4.39 Å². The summed E-state index contributed by atoms with van der Waals surface area (Å²) >= 11 is 0. The summed E-state index contributed by atoms with van der Waals surface area (Å²) < 4.78 is 13.2. The van der Waals surface area contributed by atoms with Gasteiger partial charge in [-0.3, -0.25) is 4.99 Å². The number of guanidine groups is 1. The number of hydrogen-bond donors (Lipinski definition) is 2. The smallest absolute Gasteiger partial charge is 0.191 e. The van der Waals surface area contributed by atoms with Gasteiger partial charge in [-0.2, -0.15) is 0 Å². The summed E-state index contributed by atoms with van der Waals surface area (Å²) in [7, 11) is 1.80. The second-order valence-corrected chi connectivity index (χ2v) is 7.53. The van der Waals surface area contributed by atoms with Gasteiger partial charge in [-0.25, -0.2) is 9.37 Å². The molecule has 2 aromatic rings. The van der Waals surface area contributed by atoms with Crippen LogP contribution >= 0.6 is 0 Å². The molecule has 0 unspecified atom stereocenters. The van der Waals surface area contributed by atoms with E-state index >= 15 is 0 Å². The van der Waals surface area contributed by atoms with E-state index in [2.05, 4.69) is 43.4 Å². The lowest BCUT2D eigenvalue weighted by Crippen LogP contribution is -2.46. The highest BCUT2D eigenvalue weighted by molar-refractivity contribution is 5.79. The monoisotopic (exact) mass is 412 g/mol. The number of aromatic nitrogens is 1. The van der Waals surface area contributed by atoms with Crippen LogP contribution in [0.4, 0.5) is 15.9 Å². The highest BCUT2D eigenvalue weighted by Crippen LogP contribution is 2.20. The number of pyridine rings is 1. The number of nitrogens with one attached hydrogen (secondary N) is 2. The van der Waals surface area contributed by atoms with E-state index in [4.69, 9.17) is 0 Å². The third-order valence-electron chi connectivity index (χ3n) is 5.36. The molecule has 0 aliphatic carbocycles. The van der Waals surface area contributed by atoms with Crippen LogP contribution in [0.1, 0.15) is 31.7 Å². The minimum Gasteiger partial charge on any atom is -0.368 e. The SMILES string of the molecule is CCCCCNC(=NC)NCc1ccnc(N2CCN(c3ccc(F)cc3)CC2)c1. The van der Waals surface area contributed by atoms with Gasteiger partial charge in [0.25, 0.3) is 0 Å². The summed E-state index contributed by atoms with van der Waals surface area (Å²) in [6, 6.07) is 10.9. The number of aliphatic imine (C=N–C) groups is 1. The molecular weight excluding hydrogens is 379 g/mol. The average molecular weight is 413 g/mol. The minimum atomic E-state index is -0.195. The van der Waals surface area contributed by atoms with Gasteiger partial charge in [0.2, 0.25) is 0 Å². The van der Waals surface area contributed by atoms with E-state index in [1.165, 1.54) is 30.5 Å². The maximum Gasteiger partial charge on any atom is 0.191 e. The van der Waals surface area contributed by atoms with E-state index in [0.29, 0.717) is 6.54 Å². The lowest BCUT2D eigenvalue weighted by atomic mass is 10.2. The minimum absolute atomic E-state index is 0.195. The molecule has 3 rings (SSSR count). The van der Waals surface area contributed by atoms with Crippen molar-refractivity contribution in [1.29, 1.82) is 0 Å². The lowest BCUT2D eigenvalue weighted by Gasteiger charge is -2.36. The molecule has 1 aromatic carbocycles. The fourth-order valence-electron chi connectivity index (χ4n) is 3.58. The quantitative estimate of drug-likeness (QED) is 0.395. The Kier molecular flexibility index (Phi) is 8.30. The number of rotatable bonds is 8. The summed E-state index contributed by atoms with van der Waals surface area (Å²) in [5, 5.41) is 6.74. The molecule has 6 nitrogen and oxygen atoms in total. The van der Waals surface area contributed by atoms with Gasteiger partial charge in [-0.1, -0.05) is 19.8 Å². The molecule has 1 aromatic heterocycles. The standard InChI is InChI=1S/C23H33FN6/c1-3-4-5-11-27-23(25-2)28-18-19-10-12-26-22(17-19)30-15-13-29(14-16-30)21-8-6-20(24)7-9-21/h6-10,12,17H,3-5,11,13-16,18H2,1-2H3,(H2,25,27,28). The molecule has 1 aliphatic heterocycles. The molecule has 1 aliphatic rings. The Bertz CT molecular complexity index is 800. The molecule has 30 heavy (non-hydrogen) atoms. The molecule has 0 amide bonds. The number of hydrogen-bond acceptors (Lipinski definition) is 4. The van der Waals surface area contributed by atoms with Crippen molar-refractivity contribution in [2.45, 2.75) is 32.7 Å². The number of benzene rings is 1. The Balaban J connectivity index is 1.50. The van der Waals surface area contributed by atoms with Crippen LogP contribution in [0.15, 0.2) is 47.6 Å². The normalized spacial score (nSPS) is 14.7. The Labute approximate surface area is 179 Å². The number of unbranched alkanes of at least 4 members (excludes halogenated alkanes) is 2. The van der Waals surface area contributed by atoms with Crippen LogP contribution in [0, 0.1) is 5.82 Å². The highest BCUT2D eigenvalue weighted by atomic mass is 19.1. The summed E-state index contributed by atoms with van der Waals surface area (Å²) in [5.74, 6) is 1.63. The fourth-order valence-corrected chi connectivity index (χ4v) is 3.58. The zero-order chi connectivity index (χ0) is 21.2. The van der Waals surface area contributed by atoms with Gasteiger partial charge in [-0.15, -0.1) is 0 Å². The third kappa shape index (κ3) is 6.34. The number of anilines is 2. The zero-order valence-corrected chi connectivity index (χ0v) is 18.1. The number of piperazine rings is 1. The van der Waals surface area contributed by atoms with Crippen LogP contribution in [-0.2, 0) is 6.54 Å². The molecule has 0 bridgehead atoms. The van der Waals surface area contributed by atoms with Gasteiger partial charge in [0, 0.05) is 58.2 Å². The molecule has 7 heteroatoms. The average Bonchev–Trinajstić information content (AvgIpc) is 2.79. The molecule has 1 fully saturated rings. The predicted molar refractivity (Wildman–Crippen MR) is 123 cm³/mol. The van der Waals surface area contributed by atoms with Crippen molar-refractivity contribution in [2.24, 2.45) is 4.99 Å². The molecule has 2 N–H and O–H groups in total. The first-order valence-corrected chi connectivity index (χ1v) is 10.8. The van der Waals surface area contributed by atoms with Crippen LogP contribution in [0.25, 0.3) is 0 Å². The van der Waals surface area contributed by atoms with E-state index in [-0.39, 0.29) is 5.82 Å². The zero-order valence-electron chi connectivity index (χ0n) is 18.1. The van der Waals surface area contributed by atoms with Gasteiger partial charge in [0.05, 0.1) is 0 Å². The van der Waals surface area contributed by atoms with Crippen LogP contribution < -0.4 is 20.4 Å². The molecule has 0 saturated carbocycles. The van der Waals surface area contributed by atoms with Crippen molar-refractivity contribution in [1.82, 2.24) is 15.6 Å². The Hall–Kier alpha value is -2.83. The van der Waals surface area contributed by atoms with Crippen LogP contribution in [0.5, 0.6) is 0 Å². The van der Waals surface area contributed by atoms with Crippen LogP contribution in [0.3, 0.4) is 0 Å². The van der Waals surface area contributed by atoms with Gasteiger partial charge in [0.15, 0.2) is 5.96 Å². The molecule has 2 heterocycles. The summed E-state index contributed by atoms with van der Waals surface area (Å²) in [5.41, 5.74) is 2.25. The Morgan fingerprint density at radius 2 is 1.77 bits per heavy atom. The largest absolute Gasteiger partial charge is 0.368 e. The summed E-state index contributed by atoms with van der Waals surface area (Å²) in [6.07, 6.45) is 5.47. The molecular formula is C23H33FN6. The first kappa shape index (κ1) is 21.9. The molecule has 0 radical (unpaired) electrons. The molecule has 0 atom stereocenters. The van der Waals surface area contributed by atoms with Gasteiger partial charge >= 0.3 is 0 Å². The first-order valence-electron chi connectivity index (χ1n) is 10.8. The van der Waals surface area contributed by atoms with Crippen molar-refractivity contribution in [3.8, 4) is 0 Å². The lowest BCUT2D eigenvalue weighted by molar-refractivity contribution is 0.624. The first-order chi connectivity index (χ1) is 14.7. The van der Waals surface area contributed by atoms with Crippen molar-refractivity contribution >= 4 is 17.5 Å². The molecule has 1 saturated heterocycles. The highest BCUT2D eigenvalue weighted by Gasteiger charge is 2.18. The molecule has 162 valence electrons. The summed E-state index contributed by atoms with van der Waals surface area (Å²) in [6.45, 7) is 7.42. The Morgan fingerprint density at radius 1 is 1.03 bits per heavy atom.